The van der Waals surface area contributed by atoms with Crippen LogP contribution in [0.1, 0.15) is 45.2 Å². The Morgan fingerprint density at radius 2 is 2.12 bits per heavy atom. The summed E-state index contributed by atoms with van der Waals surface area (Å²) in [6.45, 7) is 6.14. The molecule has 5 heteroatoms. The molecule has 1 aromatic heterocycles. The van der Waals surface area contributed by atoms with E-state index in [1.54, 1.807) is 4.68 Å². The molecule has 0 saturated heterocycles. The van der Waals surface area contributed by atoms with Gasteiger partial charge in [0.1, 0.15) is 17.5 Å². The lowest BCUT2D eigenvalue weighted by molar-refractivity contribution is 0.447. The second-order valence-corrected chi connectivity index (χ2v) is 5.04. The summed E-state index contributed by atoms with van der Waals surface area (Å²) in [5.74, 6) is 1.75. The summed E-state index contributed by atoms with van der Waals surface area (Å²) in [5, 5.41) is 16.7. The van der Waals surface area contributed by atoms with Crippen LogP contribution >= 0.6 is 0 Å². The van der Waals surface area contributed by atoms with Crippen molar-refractivity contribution < 1.29 is 0 Å². The van der Waals surface area contributed by atoms with Crippen LogP contribution in [-0.2, 0) is 0 Å². The van der Waals surface area contributed by atoms with Crippen LogP contribution in [0.2, 0.25) is 0 Å². The average Bonchev–Trinajstić information content (AvgIpc) is 3.04. The molecule has 92 valence electrons. The highest BCUT2D eigenvalue weighted by atomic mass is 15.4. The Morgan fingerprint density at radius 1 is 1.47 bits per heavy atom. The van der Waals surface area contributed by atoms with Crippen molar-refractivity contribution in [2.75, 3.05) is 11.1 Å². The summed E-state index contributed by atoms with van der Waals surface area (Å²) in [5.41, 5.74) is 6.46. The van der Waals surface area contributed by atoms with Gasteiger partial charge in [-0.05, 0) is 39.5 Å². The van der Waals surface area contributed by atoms with E-state index >= 15 is 0 Å². The molecule has 0 aliphatic heterocycles. The van der Waals surface area contributed by atoms with Crippen LogP contribution < -0.4 is 11.1 Å². The summed E-state index contributed by atoms with van der Waals surface area (Å²) in [4.78, 5) is 0. The van der Waals surface area contributed by atoms with E-state index in [2.05, 4.69) is 23.4 Å². The van der Waals surface area contributed by atoms with Crippen molar-refractivity contribution in [3.8, 4) is 6.07 Å². The minimum absolute atomic E-state index is 0.237. The van der Waals surface area contributed by atoms with Crippen LogP contribution in [0, 0.1) is 17.2 Å². The third-order valence-electron chi connectivity index (χ3n) is 3.17. The number of hydrogen-bond donors (Lipinski definition) is 2. The minimum atomic E-state index is 0.237. The van der Waals surface area contributed by atoms with Crippen molar-refractivity contribution in [2.45, 2.75) is 45.7 Å². The second kappa shape index (κ2) is 4.28. The van der Waals surface area contributed by atoms with Crippen LogP contribution in [0.15, 0.2) is 0 Å². The predicted molar refractivity (Wildman–Crippen MR) is 67.5 cm³/mol. The van der Waals surface area contributed by atoms with E-state index in [1.165, 1.54) is 12.8 Å². The number of nitrogens with two attached hydrogens (primary N) is 1. The molecule has 1 aliphatic rings. The van der Waals surface area contributed by atoms with E-state index in [9.17, 15) is 0 Å². The number of nitriles is 1. The molecule has 1 fully saturated rings. The Balaban J connectivity index is 2.34. The number of rotatable bonds is 4. The van der Waals surface area contributed by atoms with E-state index in [4.69, 9.17) is 11.0 Å². The Kier molecular flexibility index (Phi) is 2.97. The summed E-state index contributed by atoms with van der Waals surface area (Å²) in [6, 6.07) is 2.65. The Bertz CT molecular complexity index is 450. The fourth-order valence-corrected chi connectivity index (χ4v) is 2.02. The molecule has 1 unspecified atom stereocenters. The van der Waals surface area contributed by atoms with Gasteiger partial charge in [-0.25, -0.2) is 4.68 Å². The zero-order valence-corrected chi connectivity index (χ0v) is 10.6. The van der Waals surface area contributed by atoms with Crippen LogP contribution in [0.25, 0.3) is 0 Å². The van der Waals surface area contributed by atoms with Gasteiger partial charge in [0.25, 0.3) is 0 Å². The van der Waals surface area contributed by atoms with Gasteiger partial charge in [-0.1, -0.05) is 0 Å². The van der Waals surface area contributed by atoms with Gasteiger partial charge < -0.3 is 11.1 Å². The number of nitrogen functional groups attached to an aromatic ring is 1. The summed E-state index contributed by atoms with van der Waals surface area (Å²) in [7, 11) is 0. The number of nitrogens with one attached hydrogen (secondary N) is 1. The van der Waals surface area contributed by atoms with E-state index in [0.717, 1.165) is 0 Å². The smallest absolute Gasteiger partial charge is 0.168 e. The quantitative estimate of drug-likeness (QED) is 0.834. The van der Waals surface area contributed by atoms with E-state index in [-0.39, 0.29) is 12.1 Å². The third-order valence-corrected chi connectivity index (χ3v) is 3.17. The largest absolute Gasteiger partial charge is 0.383 e. The monoisotopic (exact) mass is 233 g/mol. The first-order valence-corrected chi connectivity index (χ1v) is 6.09. The van der Waals surface area contributed by atoms with Crippen LogP contribution in [0.5, 0.6) is 0 Å². The molecule has 3 N–H and O–H groups in total. The van der Waals surface area contributed by atoms with Gasteiger partial charge in [0.05, 0.1) is 6.04 Å². The number of anilines is 2. The predicted octanol–water partition coefficient (Wildman–Crippen LogP) is 2.13. The highest BCUT2D eigenvalue weighted by Gasteiger charge is 2.32. The Labute approximate surface area is 102 Å². The van der Waals surface area contributed by atoms with Crippen molar-refractivity contribution in [1.29, 1.82) is 5.26 Å². The van der Waals surface area contributed by atoms with Crippen LogP contribution in [0.4, 0.5) is 11.6 Å². The molecule has 1 aliphatic carbocycles. The SMILES string of the molecule is CC(C)Nc1nn(C(C)C2CC2)c(N)c1C#N. The van der Waals surface area contributed by atoms with E-state index in [0.29, 0.717) is 23.1 Å². The van der Waals surface area contributed by atoms with Gasteiger partial charge in [0.15, 0.2) is 5.82 Å². The minimum Gasteiger partial charge on any atom is -0.383 e. The molecule has 0 bridgehead atoms. The summed E-state index contributed by atoms with van der Waals surface area (Å²) >= 11 is 0. The lowest BCUT2D eigenvalue weighted by atomic mass is 10.2. The number of hydrogen-bond acceptors (Lipinski definition) is 4. The van der Waals surface area contributed by atoms with Gasteiger partial charge in [0.2, 0.25) is 0 Å². The lowest BCUT2D eigenvalue weighted by Gasteiger charge is -2.12. The van der Waals surface area contributed by atoms with Gasteiger partial charge in [-0.15, -0.1) is 0 Å². The van der Waals surface area contributed by atoms with Crippen molar-refractivity contribution in [1.82, 2.24) is 9.78 Å². The molecule has 17 heavy (non-hydrogen) atoms. The summed E-state index contributed by atoms with van der Waals surface area (Å²) in [6.07, 6.45) is 2.46. The maximum absolute atomic E-state index is 9.14. The Morgan fingerprint density at radius 3 is 2.59 bits per heavy atom. The normalized spacial score (nSPS) is 16.9. The van der Waals surface area contributed by atoms with Gasteiger partial charge >= 0.3 is 0 Å². The van der Waals surface area contributed by atoms with Crippen molar-refractivity contribution in [3.05, 3.63) is 5.56 Å². The molecule has 1 atom stereocenters. The molecule has 1 aromatic rings. The van der Waals surface area contributed by atoms with Crippen molar-refractivity contribution in [2.24, 2.45) is 5.92 Å². The maximum Gasteiger partial charge on any atom is 0.168 e. The Hall–Kier alpha value is -1.70. The fourth-order valence-electron chi connectivity index (χ4n) is 2.02. The van der Waals surface area contributed by atoms with Crippen LogP contribution in [0.3, 0.4) is 0 Å². The molecule has 0 amide bonds. The van der Waals surface area contributed by atoms with E-state index in [1.807, 2.05) is 13.8 Å². The van der Waals surface area contributed by atoms with Gasteiger partial charge in [-0.2, -0.15) is 10.4 Å². The first kappa shape index (κ1) is 11.8. The van der Waals surface area contributed by atoms with Gasteiger partial charge in [-0.3, -0.25) is 0 Å². The lowest BCUT2D eigenvalue weighted by Crippen LogP contribution is -2.13. The first-order chi connectivity index (χ1) is 8.04. The van der Waals surface area contributed by atoms with Crippen molar-refractivity contribution in [3.63, 3.8) is 0 Å². The van der Waals surface area contributed by atoms with Crippen molar-refractivity contribution >= 4 is 11.6 Å². The molecular formula is C12H19N5. The van der Waals surface area contributed by atoms with Crippen LogP contribution in [-0.4, -0.2) is 15.8 Å². The average molecular weight is 233 g/mol. The molecule has 1 saturated carbocycles. The third kappa shape index (κ3) is 2.21. The zero-order valence-electron chi connectivity index (χ0n) is 10.6. The van der Waals surface area contributed by atoms with E-state index < -0.39 is 0 Å². The molecule has 0 radical (unpaired) electrons. The zero-order chi connectivity index (χ0) is 12.6. The highest BCUT2D eigenvalue weighted by Crippen LogP contribution is 2.41. The topological polar surface area (TPSA) is 79.7 Å². The molecule has 2 rings (SSSR count). The summed E-state index contributed by atoms with van der Waals surface area (Å²) < 4.78 is 1.79. The molecule has 1 heterocycles. The molecular weight excluding hydrogens is 214 g/mol. The molecule has 5 nitrogen and oxygen atoms in total. The second-order valence-electron chi connectivity index (χ2n) is 5.04. The standard InChI is InChI=1S/C12H19N5/c1-7(2)15-12-10(6-13)11(14)17(16-12)8(3)9-4-5-9/h7-9H,4-5,14H2,1-3H3,(H,15,16). The first-order valence-electron chi connectivity index (χ1n) is 6.09. The molecule has 0 spiro atoms. The fraction of sp³-hybridized carbons (Fsp3) is 0.667. The molecule has 0 aromatic carbocycles. The number of aromatic nitrogens is 2. The number of nitrogens with zero attached hydrogens (tertiary/aromatic N) is 3. The van der Waals surface area contributed by atoms with Gasteiger partial charge in [0, 0.05) is 6.04 Å². The highest BCUT2D eigenvalue weighted by molar-refractivity contribution is 5.64. The maximum atomic E-state index is 9.14.